The van der Waals surface area contributed by atoms with E-state index >= 15 is 0 Å². The zero-order valence-electron chi connectivity index (χ0n) is 23.2. The lowest BCUT2D eigenvalue weighted by Crippen LogP contribution is -2.37. The number of aromatic nitrogens is 2. The van der Waals surface area contributed by atoms with E-state index in [1.165, 1.54) is 0 Å². The van der Waals surface area contributed by atoms with Crippen LogP contribution in [0.2, 0.25) is 0 Å². The number of hydrogen-bond acceptors (Lipinski definition) is 8. The van der Waals surface area contributed by atoms with E-state index in [-0.39, 0.29) is 42.8 Å². The molecule has 2 saturated heterocycles. The first kappa shape index (κ1) is 29.2. The molecule has 228 valence electrons. The van der Waals surface area contributed by atoms with Crippen LogP contribution in [-0.4, -0.2) is 80.2 Å². The van der Waals surface area contributed by atoms with Gasteiger partial charge in [0.25, 0.3) is 5.91 Å². The van der Waals surface area contributed by atoms with E-state index in [4.69, 9.17) is 4.74 Å². The van der Waals surface area contributed by atoms with Crippen molar-refractivity contribution in [2.45, 2.75) is 36.7 Å². The van der Waals surface area contributed by atoms with Crippen molar-refractivity contribution in [2.75, 3.05) is 54.9 Å². The SMILES string of the molecule is O=C(Nc1n[nH]c2c1CN(S(=O)(=O)c1cc(F)cc(F)c1)CC2)c1ccc(N2CCOCC2)cc1NC(=O)[C@@H]1CCCN1. The first-order valence-corrected chi connectivity index (χ1v) is 15.5. The van der Waals surface area contributed by atoms with Gasteiger partial charge in [0.05, 0.1) is 35.4 Å². The Labute approximate surface area is 246 Å². The minimum Gasteiger partial charge on any atom is -0.378 e. The van der Waals surface area contributed by atoms with Crippen LogP contribution in [0.15, 0.2) is 41.3 Å². The molecule has 0 saturated carbocycles. The van der Waals surface area contributed by atoms with Gasteiger partial charge in [0.1, 0.15) is 11.6 Å². The highest BCUT2D eigenvalue weighted by Gasteiger charge is 2.33. The van der Waals surface area contributed by atoms with E-state index < -0.39 is 32.5 Å². The molecule has 3 aliphatic heterocycles. The van der Waals surface area contributed by atoms with Crippen molar-refractivity contribution in [2.24, 2.45) is 0 Å². The third kappa shape index (κ3) is 6.11. The minimum atomic E-state index is -4.24. The molecular weight excluding hydrogens is 584 g/mol. The van der Waals surface area contributed by atoms with E-state index in [9.17, 15) is 26.8 Å². The number of hydrogen-bond donors (Lipinski definition) is 4. The van der Waals surface area contributed by atoms with Crippen molar-refractivity contribution in [1.29, 1.82) is 0 Å². The Morgan fingerprint density at radius 3 is 2.51 bits per heavy atom. The number of anilines is 3. The summed E-state index contributed by atoms with van der Waals surface area (Å²) in [6.07, 6.45) is 1.82. The zero-order chi connectivity index (χ0) is 30.1. The van der Waals surface area contributed by atoms with Crippen LogP contribution < -0.4 is 20.9 Å². The number of nitrogens with zero attached hydrogens (tertiary/aromatic N) is 3. The predicted molar refractivity (Wildman–Crippen MR) is 153 cm³/mol. The number of ether oxygens (including phenoxy) is 1. The number of halogens is 2. The number of rotatable bonds is 7. The maximum atomic E-state index is 13.8. The molecule has 12 nitrogen and oxygen atoms in total. The topological polar surface area (TPSA) is 149 Å². The van der Waals surface area contributed by atoms with E-state index in [1.54, 1.807) is 18.2 Å². The van der Waals surface area contributed by atoms with Crippen molar-refractivity contribution >= 4 is 39.0 Å². The maximum Gasteiger partial charge on any atom is 0.258 e. The van der Waals surface area contributed by atoms with Crippen molar-refractivity contribution in [3.05, 3.63) is 64.9 Å². The molecule has 6 rings (SSSR count). The summed E-state index contributed by atoms with van der Waals surface area (Å²) in [5.41, 5.74) is 2.44. The predicted octanol–water partition coefficient (Wildman–Crippen LogP) is 2.21. The molecule has 43 heavy (non-hydrogen) atoms. The number of nitrogens with one attached hydrogen (secondary N) is 4. The largest absolute Gasteiger partial charge is 0.378 e. The Bertz CT molecular complexity index is 1630. The van der Waals surface area contributed by atoms with Crippen LogP contribution in [0.5, 0.6) is 0 Å². The summed E-state index contributed by atoms with van der Waals surface area (Å²) in [7, 11) is -4.24. The number of carbonyl (C=O) groups is 2. The van der Waals surface area contributed by atoms with Gasteiger partial charge < -0.3 is 25.6 Å². The monoisotopic (exact) mass is 615 g/mol. The van der Waals surface area contributed by atoms with E-state index in [0.717, 1.165) is 35.1 Å². The van der Waals surface area contributed by atoms with Gasteiger partial charge in [-0.25, -0.2) is 17.2 Å². The minimum absolute atomic E-state index is 0.0530. The van der Waals surface area contributed by atoms with Gasteiger partial charge in [-0.1, -0.05) is 0 Å². The molecule has 0 bridgehead atoms. The molecular formula is C28H31F2N7O5S. The highest BCUT2D eigenvalue weighted by molar-refractivity contribution is 7.89. The van der Waals surface area contributed by atoms with Crippen LogP contribution in [0.25, 0.3) is 0 Å². The summed E-state index contributed by atoms with van der Waals surface area (Å²) in [4.78, 5) is 28.2. The highest BCUT2D eigenvalue weighted by atomic mass is 32.2. The molecule has 15 heteroatoms. The quantitative estimate of drug-likeness (QED) is 0.316. The lowest BCUT2D eigenvalue weighted by molar-refractivity contribution is -0.117. The molecule has 0 unspecified atom stereocenters. The van der Waals surface area contributed by atoms with Crippen LogP contribution in [0.3, 0.4) is 0 Å². The summed E-state index contributed by atoms with van der Waals surface area (Å²) >= 11 is 0. The van der Waals surface area contributed by atoms with E-state index in [0.29, 0.717) is 55.7 Å². The second-order valence-corrected chi connectivity index (χ2v) is 12.6. The molecule has 0 spiro atoms. The smallest absolute Gasteiger partial charge is 0.258 e. The molecule has 0 aliphatic carbocycles. The van der Waals surface area contributed by atoms with E-state index in [1.807, 2.05) is 0 Å². The molecule has 2 aromatic carbocycles. The van der Waals surface area contributed by atoms with Gasteiger partial charge in [-0.15, -0.1) is 0 Å². The summed E-state index contributed by atoms with van der Waals surface area (Å²) in [5.74, 6) is -2.67. The number of H-pyrrole nitrogens is 1. The van der Waals surface area contributed by atoms with Crippen LogP contribution in [0, 0.1) is 11.6 Å². The number of sulfonamides is 1. The van der Waals surface area contributed by atoms with Gasteiger partial charge in [0, 0.05) is 55.6 Å². The van der Waals surface area contributed by atoms with Crippen LogP contribution in [0.1, 0.15) is 34.5 Å². The number of fused-ring (bicyclic) bond motifs is 1. The maximum absolute atomic E-state index is 13.8. The lowest BCUT2D eigenvalue weighted by atomic mass is 10.1. The molecule has 2 fully saturated rings. The second-order valence-electron chi connectivity index (χ2n) is 10.6. The molecule has 4 N–H and O–H groups in total. The van der Waals surface area contributed by atoms with Gasteiger partial charge in [-0.05, 0) is 49.7 Å². The van der Waals surface area contributed by atoms with Crippen LogP contribution in [0.4, 0.5) is 26.0 Å². The first-order chi connectivity index (χ1) is 20.7. The van der Waals surface area contributed by atoms with Gasteiger partial charge in [0.2, 0.25) is 15.9 Å². The molecule has 4 heterocycles. The fraction of sp³-hybridized carbons (Fsp3) is 0.393. The Morgan fingerprint density at radius 1 is 1.02 bits per heavy atom. The third-order valence-corrected chi connectivity index (χ3v) is 9.69. The summed E-state index contributed by atoms with van der Waals surface area (Å²) in [5, 5.41) is 15.9. The second kappa shape index (κ2) is 12.0. The van der Waals surface area contributed by atoms with Gasteiger partial charge in [-0.3, -0.25) is 14.7 Å². The average Bonchev–Trinajstić information content (AvgIpc) is 3.68. The number of carbonyl (C=O) groups excluding carboxylic acids is 2. The molecule has 1 atom stereocenters. The number of morpholine rings is 1. The fourth-order valence-corrected chi connectivity index (χ4v) is 7.01. The molecule has 3 aromatic rings. The number of benzene rings is 2. The lowest BCUT2D eigenvalue weighted by Gasteiger charge is -2.29. The molecule has 3 aliphatic rings. The Balaban J connectivity index is 1.25. The number of amides is 2. The third-order valence-electron chi connectivity index (χ3n) is 7.86. The van der Waals surface area contributed by atoms with Gasteiger partial charge >= 0.3 is 0 Å². The number of aromatic amines is 1. The Kier molecular flexibility index (Phi) is 8.13. The Morgan fingerprint density at radius 2 is 1.79 bits per heavy atom. The van der Waals surface area contributed by atoms with E-state index in [2.05, 4.69) is 31.0 Å². The Hall–Kier alpha value is -3.92. The summed E-state index contributed by atoms with van der Waals surface area (Å²) in [6, 6.07) is 6.97. The average molecular weight is 616 g/mol. The van der Waals surface area contributed by atoms with Crippen LogP contribution in [-0.2, 0) is 32.5 Å². The highest BCUT2D eigenvalue weighted by Crippen LogP contribution is 2.31. The van der Waals surface area contributed by atoms with Crippen molar-refractivity contribution in [1.82, 2.24) is 19.8 Å². The fourth-order valence-electron chi connectivity index (χ4n) is 5.56. The van der Waals surface area contributed by atoms with Crippen molar-refractivity contribution in [3.8, 4) is 0 Å². The standard InChI is InChI=1S/C28H31F2N7O5S/c29-17-12-18(30)14-20(13-17)43(40,41)37-7-5-23-22(16-37)26(35-34-23)33-27(38)21-4-3-19(36-8-10-42-11-9-36)15-25(21)32-28(39)24-2-1-6-31-24/h3-4,12-15,24,31H,1-2,5-11,16H2,(H,32,39)(H2,33,34,35,38)/t24-/m0/s1. The molecule has 1 aromatic heterocycles. The van der Waals surface area contributed by atoms with Crippen LogP contribution >= 0.6 is 0 Å². The van der Waals surface area contributed by atoms with Gasteiger partial charge in [-0.2, -0.15) is 9.40 Å². The molecule has 2 amide bonds. The first-order valence-electron chi connectivity index (χ1n) is 14.0. The zero-order valence-corrected chi connectivity index (χ0v) is 24.0. The normalized spacial score (nSPS) is 19.2. The van der Waals surface area contributed by atoms with Gasteiger partial charge in [0.15, 0.2) is 5.82 Å². The summed E-state index contributed by atoms with van der Waals surface area (Å²) in [6.45, 7) is 3.10. The summed E-state index contributed by atoms with van der Waals surface area (Å²) < 4.78 is 60.5. The molecule has 0 radical (unpaired) electrons. The van der Waals surface area contributed by atoms with Crippen molar-refractivity contribution < 1.29 is 31.5 Å². The van der Waals surface area contributed by atoms with Crippen molar-refractivity contribution in [3.63, 3.8) is 0 Å².